The van der Waals surface area contributed by atoms with Crippen molar-refractivity contribution in [3.63, 3.8) is 0 Å². The average Bonchev–Trinajstić information content (AvgIpc) is 1.61. The maximum Gasteiger partial charge on any atom is 0.154 e. The molecule has 0 atom stereocenters. The van der Waals surface area contributed by atoms with Gasteiger partial charge < -0.3 is 10.2 Å². The molecule has 2 heteroatoms. The fourth-order valence-corrected chi connectivity index (χ4v) is 0.316. The molecule has 0 aromatic rings. The molecule has 0 unspecified atom stereocenters. The zero-order valence-electron chi connectivity index (χ0n) is 4.46. The minimum Gasteiger partial charge on any atom is -0.368 e. The van der Waals surface area contributed by atoms with Crippen LogP contribution in [0.1, 0.15) is 19.8 Å². The smallest absolute Gasteiger partial charge is 0.154 e. The Balaban J connectivity index is 2.68. The van der Waals surface area contributed by atoms with Crippen molar-refractivity contribution in [3.05, 3.63) is 6.42 Å². The summed E-state index contributed by atoms with van der Waals surface area (Å²) in [6.07, 6.45) is 1.98. The molecule has 2 nitrogen and oxygen atoms in total. The van der Waals surface area contributed by atoms with Gasteiger partial charge in [-0.15, -0.1) is 0 Å². The van der Waals surface area contributed by atoms with Crippen LogP contribution in [0.5, 0.6) is 0 Å². The standard InChI is InChI=1S/C5H11O2/c1-2-3-4-5(6)7/h4-7H,2-3H2,1H3. The van der Waals surface area contributed by atoms with Crippen molar-refractivity contribution in [1.29, 1.82) is 0 Å². The summed E-state index contributed by atoms with van der Waals surface area (Å²) in [5.41, 5.74) is 0. The molecule has 0 aromatic carbocycles. The predicted molar refractivity (Wildman–Crippen MR) is 27.4 cm³/mol. The van der Waals surface area contributed by atoms with Crippen LogP contribution in [0.25, 0.3) is 0 Å². The molecular formula is C5H11O2. The molecule has 43 valence electrons. The molecule has 7 heavy (non-hydrogen) atoms. The van der Waals surface area contributed by atoms with Gasteiger partial charge in [-0.2, -0.15) is 0 Å². The maximum atomic E-state index is 8.18. The van der Waals surface area contributed by atoms with Crippen molar-refractivity contribution in [1.82, 2.24) is 0 Å². The zero-order chi connectivity index (χ0) is 5.70. The number of unbranched alkanes of at least 4 members (excludes halogenated alkanes) is 1. The lowest BCUT2D eigenvalue weighted by Gasteiger charge is -1.97. The summed E-state index contributed by atoms with van der Waals surface area (Å²) in [6, 6.07) is 0. The lowest BCUT2D eigenvalue weighted by atomic mass is 10.2. The van der Waals surface area contributed by atoms with E-state index in [4.69, 9.17) is 10.2 Å². The maximum absolute atomic E-state index is 8.18. The topological polar surface area (TPSA) is 40.5 Å². The van der Waals surface area contributed by atoms with Gasteiger partial charge in [0, 0.05) is 6.42 Å². The summed E-state index contributed by atoms with van der Waals surface area (Å²) in [7, 11) is 0. The zero-order valence-corrected chi connectivity index (χ0v) is 4.46. The van der Waals surface area contributed by atoms with E-state index in [1.165, 1.54) is 6.42 Å². The van der Waals surface area contributed by atoms with Crippen molar-refractivity contribution < 1.29 is 10.2 Å². The van der Waals surface area contributed by atoms with Crippen LogP contribution in [-0.4, -0.2) is 16.5 Å². The number of rotatable bonds is 3. The number of hydrogen-bond donors (Lipinski definition) is 2. The van der Waals surface area contributed by atoms with E-state index in [1.807, 2.05) is 6.92 Å². The van der Waals surface area contributed by atoms with E-state index in [1.54, 1.807) is 0 Å². The van der Waals surface area contributed by atoms with E-state index in [-0.39, 0.29) is 0 Å². The summed E-state index contributed by atoms with van der Waals surface area (Å²) in [6.45, 7) is 1.98. The van der Waals surface area contributed by atoms with Crippen LogP contribution in [0.2, 0.25) is 0 Å². The van der Waals surface area contributed by atoms with E-state index in [9.17, 15) is 0 Å². The van der Waals surface area contributed by atoms with Gasteiger partial charge >= 0.3 is 0 Å². The van der Waals surface area contributed by atoms with E-state index in [0.717, 1.165) is 12.8 Å². The lowest BCUT2D eigenvalue weighted by Crippen LogP contribution is -2.03. The first-order valence-electron chi connectivity index (χ1n) is 2.47. The Morgan fingerprint density at radius 1 is 1.57 bits per heavy atom. The van der Waals surface area contributed by atoms with Crippen LogP contribution in [-0.2, 0) is 0 Å². The van der Waals surface area contributed by atoms with Gasteiger partial charge in [0.15, 0.2) is 6.29 Å². The minimum absolute atomic E-state index is 0.775. The highest BCUT2D eigenvalue weighted by atomic mass is 16.5. The minimum atomic E-state index is -1.22. The Kier molecular flexibility index (Phi) is 4.04. The largest absolute Gasteiger partial charge is 0.368 e. The van der Waals surface area contributed by atoms with Gasteiger partial charge in [0.2, 0.25) is 0 Å². The third-order valence-electron chi connectivity index (χ3n) is 0.666. The Morgan fingerprint density at radius 3 is 2.29 bits per heavy atom. The van der Waals surface area contributed by atoms with Gasteiger partial charge in [-0.3, -0.25) is 0 Å². The van der Waals surface area contributed by atoms with E-state index < -0.39 is 6.29 Å². The molecule has 0 spiro atoms. The Morgan fingerprint density at radius 2 is 2.14 bits per heavy atom. The first kappa shape index (κ1) is 6.92. The van der Waals surface area contributed by atoms with Gasteiger partial charge in [0.05, 0.1) is 0 Å². The summed E-state index contributed by atoms with van der Waals surface area (Å²) < 4.78 is 0. The Hall–Kier alpha value is -0.0800. The molecule has 0 bridgehead atoms. The number of hydrogen-bond acceptors (Lipinski definition) is 2. The van der Waals surface area contributed by atoms with Crippen LogP contribution in [0.3, 0.4) is 0 Å². The predicted octanol–water partition coefficient (Wildman–Crippen LogP) is 0.301. The van der Waals surface area contributed by atoms with Crippen molar-refractivity contribution in [3.8, 4) is 0 Å². The van der Waals surface area contributed by atoms with Gasteiger partial charge in [-0.1, -0.05) is 13.3 Å². The van der Waals surface area contributed by atoms with Crippen molar-refractivity contribution >= 4 is 0 Å². The first-order valence-corrected chi connectivity index (χ1v) is 2.47. The molecule has 0 saturated heterocycles. The average molecular weight is 103 g/mol. The van der Waals surface area contributed by atoms with Gasteiger partial charge in [0.25, 0.3) is 0 Å². The van der Waals surface area contributed by atoms with E-state index in [0.29, 0.717) is 0 Å². The molecule has 0 heterocycles. The third-order valence-corrected chi connectivity index (χ3v) is 0.666. The van der Waals surface area contributed by atoms with Gasteiger partial charge in [-0.05, 0) is 6.42 Å². The summed E-state index contributed by atoms with van der Waals surface area (Å²) in [5.74, 6) is 0. The van der Waals surface area contributed by atoms with E-state index >= 15 is 0 Å². The van der Waals surface area contributed by atoms with Crippen LogP contribution < -0.4 is 0 Å². The van der Waals surface area contributed by atoms with Crippen molar-refractivity contribution in [2.45, 2.75) is 26.1 Å². The molecule has 2 N–H and O–H groups in total. The van der Waals surface area contributed by atoms with Crippen LogP contribution in [0.4, 0.5) is 0 Å². The molecule has 0 aliphatic carbocycles. The van der Waals surface area contributed by atoms with Crippen LogP contribution >= 0.6 is 0 Å². The molecule has 0 aromatic heterocycles. The fourth-order valence-electron chi connectivity index (χ4n) is 0.316. The SMILES string of the molecule is CCC[CH]C(O)O. The highest BCUT2D eigenvalue weighted by Gasteiger charge is 1.92. The molecular weight excluding hydrogens is 92.1 g/mol. The highest BCUT2D eigenvalue weighted by molar-refractivity contribution is 4.63. The van der Waals surface area contributed by atoms with E-state index in [2.05, 4.69) is 0 Å². The lowest BCUT2D eigenvalue weighted by molar-refractivity contribution is -0.0138. The molecule has 0 rings (SSSR count). The van der Waals surface area contributed by atoms with Crippen LogP contribution in [0, 0.1) is 6.42 Å². The molecule has 0 amide bonds. The third kappa shape index (κ3) is 5.92. The number of aliphatic hydroxyl groups is 2. The first-order chi connectivity index (χ1) is 3.27. The fraction of sp³-hybridized carbons (Fsp3) is 0.800. The Labute approximate surface area is 43.8 Å². The second kappa shape index (κ2) is 4.09. The summed E-state index contributed by atoms with van der Waals surface area (Å²) >= 11 is 0. The Bertz CT molecular complexity index is 35.1. The number of aliphatic hydroxyl groups excluding tert-OH is 1. The van der Waals surface area contributed by atoms with Crippen molar-refractivity contribution in [2.75, 3.05) is 0 Å². The van der Waals surface area contributed by atoms with Crippen molar-refractivity contribution in [2.24, 2.45) is 0 Å². The quantitative estimate of drug-likeness (QED) is 0.504. The molecule has 0 fully saturated rings. The second-order valence-electron chi connectivity index (χ2n) is 1.44. The molecule has 0 saturated carbocycles. The van der Waals surface area contributed by atoms with Gasteiger partial charge in [0.1, 0.15) is 0 Å². The normalized spacial score (nSPS) is 10.3. The molecule has 0 aliphatic rings. The van der Waals surface area contributed by atoms with Crippen LogP contribution in [0.15, 0.2) is 0 Å². The molecule has 1 radical (unpaired) electrons. The molecule has 0 aliphatic heterocycles. The highest BCUT2D eigenvalue weighted by Crippen LogP contribution is 1.93. The summed E-state index contributed by atoms with van der Waals surface area (Å²) in [4.78, 5) is 0. The monoisotopic (exact) mass is 103 g/mol. The second-order valence-corrected chi connectivity index (χ2v) is 1.44. The van der Waals surface area contributed by atoms with Gasteiger partial charge in [-0.25, -0.2) is 0 Å². The summed E-state index contributed by atoms with van der Waals surface area (Å²) in [5, 5.41) is 16.4.